The Labute approximate surface area is 126 Å². The minimum absolute atomic E-state index is 0.171. The fourth-order valence-corrected chi connectivity index (χ4v) is 2.45. The largest absolute Gasteiger partial charge is 0.497 e. The van der Waals surface area contributed by atoms with E-state index in [1.807, 2.05) is 32.2 Å². The standard InChI is InChI=1S/C18H22FNO/c1-13-4-7-16(19)11-15(13)12-17(20-2)10-14-5-8-18(21-3)9-6-14/h4-9,11,17,20H,10,12H2,1-3H3. The summed E-state index contributed by atoms with van der Waals surface area (Å²) in [5, 5.41) is 3.32. The second-order valence-corrected chi connectivity index (χ2v) is 5.31. The van der Waals surface area contributed by atoms with Crippen LogP contribution in [0.4, 0.5) is 4.39 Å². The number of aryl methyl sites for hydroxylation is 1. The quantitative estimate of drug-likeness (QED) is 0.878. The van der Waals surface area contributed by atoms with E-state index >= 15 is 0 Å². The van der Waals surface area contributed by atoms with Crippen molar-refractivity contribution in [3.8, 4) is 5.75 Å². The molecule has 0 saturated heterocycles. The van der Waals surface area contributed by atoms with Crippen LogP contribution in [0.3, 0.4) is 0 Å². The predicted octanol–water partition coefficient (Wildman–Crippen LogP) is 3.52. The average Bonchev–Trinajstić information content (AvgIpc) is 2.51. The lowest BCUT2D eigenvalue weighted by Crippen LogP contribution is -2.30. The Bertz CT molecular complexity index is 580. The first-order chi connectivity index (χ1) is 10.1. The number of likely N-dealkylation sites (N-methyl/N-ethyl adjacent to an activating group) is 1. The second kappa shape index (κ2) is 7.23. The third-order valence-corrected chi connectivity index (χ3v) is 3.83. The third kappa shape index (κ3) is 4.30. The number of benzene rings is 2. The minimum atomic E-state index is -0.171. The third-order valence-electron chi connectivity index (χ3n) is 3.83. The molecule has 0 aromatic heterocycles. The van der Waals surface area contributed by atoms with Crippen LogP contribution in [-0.2, 0) is 12.8 Å². The molecule has 0 heterocycles. The van der Waals surface area contributed by atoms with E-state index in [0.717, 1.165) is 29.7 Å². The Morgan fingerprint density at radius 3 is 2.43 bits per heavy atom. The summed E-state index contributed by atoms with van der Waals surface area (Å²) in [6, 6.07) is 13.3. The summed E-state index contributed by atoms with van der Waals surface area (Å²) in [6.45, 7) is 2.02. The molecule has 2 rings (SSSR count). The molecular formula is C18H22FNO. The predicted molar refractivity (Wildman–Crippen MR) is 84.4 cm³/mol. The fourth-order valence-electron chi connectivity index (χ4n) is 2.45. The van der Waals surface area contributed by atoms with Gasteiger partial charge in [0.2, 0.25) is 0 Å². The summed E-state index contributed by atoms with van der Waals surface area (Å²) in [4.78, 5) is 0. The molecule has 21 heavy (non-hydrogen) atoms. The van der Waals surface area contributed by atoms with E-state index < -0.39 is 0 Å². The van der Waals surface area contributed by atoms with Crippen LogP contribution in [-0.4, -0.2) is 20.2 Å². The maximum absolute atomic E-state index is 13.4. The van der Waals surface area contributed by atoms with Crippen LogP contribution in [0.5, 0.6) is 5.75 Å². The molecule has 3 heteroatoms. The van der Waals surface area contributed by atoms with Crippen LogP contribution in [0.2, 0.25) is 0 Å². The maximum Gasteiger partial charge on any atom is 0.123 e. The van der Waals surface area contributed by atoms with Crippen molar-refractivity contribution in [2.75, 3.05) is 14.2 Å². The average molecular weight is 287 g/mol. The van der Waals surface area contributed by atoms with E-state index in [0.29, 0.717) is 0 Å². The number of hydrogen-bond donors (Lipinski definition) is 1. The van der Waals surface area contributed by atoms with Crippen molar-refractivity contribution in [2.45, 2.75) is 25.8 Å². The molecule has 2 aromatic rings. The summed E-state index contributed by atoms with van der Waals surface area (Å²) >= 11 is 0. The van der Waals surface area contributed by atoms with Crippen LogP contribution in [0.15, 0.2) is 42.5 Å². The topological polar surface area (TPSA) is 21.3 Å². The first-order valence-electron chi connectivity index (χ1n) is 7.17. The summed E-state index contributed by atoms with van der Waals surface area (Å²) in [5.74, 6) is 0.690. The van der Waals surface area contributed by atoms with Crippen molar-refractivity contribution in [3.05, 3.63) is 65.0 Å². The minimum Gasteiger partial charge on any atom is -0.497 e. The van der Waals surface area contributed by atoms with Crippen LogP contribution in [0.1, 0.15) is 16.7 Å². The van der Waals surface area contributed by atoms with E-state index in [-0.39, 0.29) is 11.9 Å². The highest BCUT2D eigenvalue weighted by Crippen LogP contribution is 2.16. The molecule has 1 N–H and O–H groups in total. The molecule has 0 aliphatic rings. The molecule has 1 unspecified atom stereocenters. The van der Waals surface area contributed by atoms with Gasteiger partial charge in [0, 0.05) is 6.04 Å². The van der Waals surface area contributed by atoms with Gasteiger partial charge in [-0.25, -0.2) is 4.39 Å². The molecule has 0 fully saturated rings. The van der Waals surface area contributed by atoms with Crippen molar-refractivity contribution in [1.29, 1.82) is 0 Å². The van der Waals surface area contributed by atoms with Crippen LogP contribution in [0, 0.1) is 12.7 Å². The Hall–Kier alpha value is -1.87. The van der Waals surface area contributed by atoms with Crippen LogP contribution in [0.25, 0.3) is 0 Å². The van der Waals surface area contributed by atoms with E-state index in [4.69, 9.17) is 4.74 Å². The first kappa shape index (κ1) is 15.5. The zero-order chi connectivity index (χ0) is 15.2. The first-order valence-corrected chi connectivity index (χ1v) is 7.17. The Morgan fingerprint density at radius 2 is 1.81 bits per heavy atom. The molecule has 1 atom stereocenters. The van der Waals surface area contributed by atoms with Gasteiger partial charge in [0.15, 0.2) is 0 Å². The van der Waals surface area contributed by atoms with E-state index in [1.165, 1.54) is 11.6 Å². The zero-order valence-electron chi connectivity index (χ0n) is 12.8. The highest BCUT2D eigenvalue weighted by atomic mass is 19.1. The van der Waals surface area contributed by atoms with Gasteiger partial charge in [-0.2, -0.15) is 0 Å². The van der Waals surface area contributed by atoms with E-state index in [2.05, 4.69) is 17.4 Å². The van der Waals surface area contributed by atoms with Gasteiger partial charge in [0.25, 0.3) is 0 Å². The van der Waals surface area contributed by atoms with Gasteiger partial charge in [-0.05, 0) is 67.8 Å². The highest BCUT2D eigenvalue weighted by molar-refractivity contribution is 5.30. The molecule has 2 nitrogen and oxygen atoms in total. The van der Waals surface area contributed by atoms with Crippen molar-refractivity contribution >= 4 is 0 Å². The van der Waals surface area contributed by atoms with Crippen LogP contribution < -0.4 is 10.1 Å². The molecule has 0 aliphatic heterocycles. The van der Waals surface area contributed by atoms with Gasteiger partial charge in [0.05, 0.1) is 7.11 Å². The van der Waals surface area contributed by atoms with Crippen molar-refractivity contribution in [1.82, 2.24) is 5.32 Å². The molecule has 0 aliphatic carbocycles. The highest BCUT2D eigenvalue weighted by Gasteiger charge is 2.11. The Kier molecular flexibility index (Phi) is 5.34. The second-order valence-electron chi connectivity index (χ2n) is 5.31. The van der Waals surface area contributed by atoms with Gasteiger partial charge in [-0.1, -0.05) is 18.2 Å². The monoisotopic (exact) mass is 287 g/mol. The Morgan fingerprint density at radius 1 is 1.10 bits per heavy atom. The van der Waals surface area contributed by atoms with Gasteiger partial charge >= 0.3 is 0 Å². The molecule has 2 aromatic carbocycles. The lowest BCUT2D eigenvalue weighted by Gasteiger charge is -2.18. The van der Waals surface area contributed by atoms with Crippen molar-refractivity contribution in [2.24, 2.45) is 0 Å². The normalized spacial score (nSPS) is 12.2. The van der Waals surface area contributed by atoms with Gasteiger partial charge in [-0.3, -0.25) is 0 Å². The van der Waals surface area contributed by atoms with Gasteiger partial charge < -0.3 is 10.1 Å². The van der Waals surface area contributed by atoms with Gasteiger partial charge in [-0.15, -0.1) is 0 Å². The van der Waals surface area contributed by atoms with Crippen molar-refractivity contribution in [3.63, 3.8) is 0 Å². The summed E-state index contributed by atoms with van der Waals surface area (Å²) in [7, 11) is 3.61. The molecule has 0 bridgehead atoms. The number of hydrogen-bond acceptors (Lipinski definition) is 2. The lowest BCUT2D eigenvalue weighted by molar-refractivity contribution is 0.414. The molecule has 0 saturated carbocycles. The SMILES string of the molecule is CNC(Cc1ccc(OC)cc1)Cc1cc(F)ccc1C. The Balaban J connectivity index is 2.07. The molecule has 0 amide bonds. The number of ether oxygens (including phenoxy) is 1. The van der Waals surface area contributed by atoms with Gasteiger partial charge in [0.1, 0.15) is 11.6 Å². The molecule has 112 valence electrons. The number of halogens is 1. The van der Waals surface area contributed by atoms with E-state index in [1.54, 1.807) is 13.2 Å². The molecule has 0 radical (unpaired) electrons. The zero-order valence-corrected chi connectivity index (χ0v) is 12.8. The summed E-state index contributed by atoms with van der Waals surface area (Å²) < 4.78 is 18.5. The number of methoxy groups -OCH3 is 1. The maximum atomic E-state index is 13.4. The molecular weight excluding hydrogens is 265 g/mol. The lowest BCUT2D eigenvalue weighted by atomic mass is 9.96. The fraction of sp³-hybridized carbons (Fsp3) is 0.333. The van der Waals surface area contributed by atoms with Crippen LogP contribution >= 0.6 is 0 Å². The summed E-state index contributed by atoms with van der Waals surface area (Å²) in [6.07, 6.45) is 1.71. The van der Waals surface area contributed by atoms with Crippen molar-refractivity contribution < 1.29 is 9.13 Å². The van der Waals surface area contributed by atoms with E-state index in [9.17, 15) is 4.39 Å². The number of nitrogens with one attached hydrogen (secondary N) is 1. The number of rotatable bonds is 6. The molecule has 0 spiro atoms. The smallest absolute Gasteiger partial charge is 0.123 e. The summed E-state index contributed by atoms with van der Waals surface area (Å²) in [5.41, 5.74) is 3.43.